The lowest BCUT2D eigenvalue weighted by atomic mass is 10.1. The first-order chi connectivity index (χ1) is 13.5. The number of likely N-dealkylation sites (tertiary alicyclic amines) is 1. The molecule has 146 valence electrons. The molecule has 6 heteroatoms. The van der Waals surface area contributed by atoms with Crippen molar-refractivity contribution in [2.75, 3.05) is 31.1 Å². The fourth-order valence-electron chi connectivity index (χ4n) is 3.94. The van der Waals surface area contributed by atoms with Crippen molar-refractivity contribution < 1.29 is 14.0 Å². The maximum Gasteiger partial charge on any atom is 0.247 e. The minimum Gasteiger partial charge on any atom is -0.369 e. The first kappa shape index (κ1) is 18.6. The minimum absolute atomic E-state index is 0.0965. The fraction of sp³-hybridized carbons (Fsp3) is 0.364. The van der Waals surface area contributed by atoms with Crippen LogP contribution in [0.2, 0.25) is 0 Å². The number of aryl methyl sites for hydroxylation is 1. The first-order valence-corrected chi connectivity index (χ1v) is 9.65. The lowest BCUT2D eigenvalue weighted by Gasteiger charge is -2.38. The number of imide groups is 1. The van der Waals surface area contributed by atoms with E-state index in [1.807, 2.05) is 31.2 Å². The molecule has 2 fully saturated rings. The van der Waals surface area contributed by atoms with Crippen LogP contribution in [0.25, 0.3) is 0 Å². The van der Waals surface area contributed by atoms with Gasteiger partial charge in [0, 0.05) is 31.9 Å². The molecule has 5 nitrogen and oxygen atoms in total. The Kier molecular flexibility index (Phi) is 5.13. The van der Waals surface area contributed by atoms with Gasteiger partial charge in [-0.1, -0.05) is 29.8 Å². The van der Waals surface area contributed by atoms with Gasteiger partial charge in [0.2, 0.25) is 11.8 Å². The van der Waals surface area contributed by atoms with Gasteiger partial charge in [0.1, 0.15) is 5.82 Å². The topological polar surface area (TPSA) is 43.9 Å². The van der Waals surface area contributed by atoms with Crippen molar-refractivity contribution in [2.45, 2.75) is 25.9 Å². The Morgan fingerprint density at radius 1 is 0.929 bits per heavy atom. The van der Waals surface area contributed by atoms with Crippen LogP contribution in [0.5, 0.6) is 0 Å². The summed E-state index contributed by atoms with van der Waals surface area (Å²) in [4.78, 5) is 31.0. The van der Waals surface area contributed by atoms with Gasteiger partial charge in [0.15, 0.2) is 0 Å². The van der Waals surface area contributed by atoms with Crippen LogP contribution in [0, 0.1) is 12.7 Å². The van der Waals surface area contributed by atoms with Crippen LogP contribution in [0.4, 0.5) is 10.1 Å². The van der Waals surface area contributed by atoms with E-state index in [0.717, 1.165) is 29.9 Å². The highest BCUT2D eigenvalue weighted by Crippen LogP contribution is 2.24. The van der Waals surface area contributed by atoms with Crippen molar-refractivity contribution in [3.05, 3.63) is 65.5 Å². The zero-order valence-corrected chi connectivity index (χ0v) is 16.0. The highest BCUT2D eigenvalue weighted by atomic mass is 19.1. The highest BCUT2D eigenvalue weighted by Gasteiger charge is 2.42. The molecule has 0 saturated carbocycles. The number of anilines is 1. The molecule has 0 aliphatic carbocycles. The van der Waals surface area contributed by atoms with Crippen molar-refractivity contribution in [1.29, 1.82) is 0 Å². The second-order valence-electron chi connectivity index (χ2n) is 7.52. The number of carbonyl (C=O) groups is 2. The molecule has 0 N–H and O–H groups in total. The van der Waals surface area contributed by atoms with Crippen LogP contribution in [-0.2, 0) is 16.1 Å². The van der Waals surface area contributed by atoms with Crippen LogP contribution in [0.3, 0.4) is 0 Å². The van der Waals surface area contributed by atoms with E-state index >= 15 is 0 Å². The van der Waals surface area contributed by atoms with Gasteiger partial charge in [-0.05, 0) is 36.8 Å². The van der Waals surface area contributed by atoms with Crippen molar-refractivity contribution in [3.63, 3.8) is 0 Å². The van der Waals surface area contributed by atoms with E-state index in [1.54, 1.807) is 12.1 Å². The lowest BCUT2D eigenvalue weighted by molar-refractivity contribution is -0.140. The molecule has 0 radical (unpaired) electrons. The average molecular weight is 381 g/mol. The van der Waals surface area contributed by atoms with E-state index in [-0.39, 0.29) is 30.1 Å². The summed E-state index contributed by atoms with van der Waals surface area (Å²) in [7, 11) is 0. The Bertz CT molecular complexity index is 858. The predicted octanol–water partition coefficient (Wildman–Crippen LogP) is 2.58. The quantitative estimate of drug-likeness (QED) is 0.764. The number of rotatable bonds is 4. The Balaban J connectivity index is 1.37. The predicted molar refractivity (Wildman–Crippen MR) is 105 cm³/mol. The van der Waals surface area contributed by atoms with E-state index in [2.05, 4.69) is 9.80 Å². The van der Waals surface area contributed by atoms with Crippen LogP contribution in [0.15, 0.2) is 48.5 Å². The van der Waals surface area contributed by atoms with E-state index in [0.29, 0.717) is 19.6 Å². The number of nitrogens with zero attached hydrogens (tertiary/aromatic N) is 3. The largest absolute Gasteiger partial charge is 0.369 e. The van der Waals surface area contributed by atoms with Gasteiger partial charge in [0.25, 0.3) is 0 Å². The van der Waals surface area contributed by atoms with Gasteiger partial charge >= 0.3 is 0 Å². The van der Waals surface area contributed by atoms with Crippen molar-refractivity contribution in [1.82, 2.24) is 9.80 Å². The number of amides is 2. The summed E-state index contributed by atoms with van der Waals surface area (Å²) >= 11 is 0. The molecular weight excluding hydrogens is 357 g/mol. The molecular formula is C22H24FN3O2. The zero-order valence-electron chi connectivity index (χ0n) is 16.0. The fourth-order valence-corrected chi connectivity index (χ4v) is 3.94. The lowest BCUT2D eigenvalue weighted by Crippen LogP contribution is -2.52. The summed E-state index contributed by atoms with van der Waals surface area (Å²) in [6, 6.07) is 14.0. The third-order valence-corrected chi connectivity index (χ3v) is 5.63. The Labute approximate surface area is 164 Å². The molecule has 0 bridgehead atoms. The zero-order chi connectivity index (χ0) is 19.7. The molecule has 28 heavy (non-hydrogen) atoms. The monoisotopic (exact) mass is 381 g/mol. The number of piperazine rings is 1. The Morgan fingerprint density at radius 3 is 2.21 bits per heavy atom. The second kappa shape index (κ2) is 7.72. The smallest absolute Gasteiger partial charge is 0.247 e. The van der Waals surface area contributed by atoms with Gasteiger partial charge < -0.3 is 4.90 Å². The van der Waals surface area contributed by atoms with Gasteiger partial charge in [0.05, 0.1) is 19.0 Å². The van der Waals surface area contributed by atoms with Crippen LogP contribution in [0.1, 0.15) is 17.5 Å². The highest BCUT2D eigenvalue weighted by molar-refractivity contribution is 6.05. The SMILES string of the molecule is Cc1ccc(CN2C(=O)CC(N3CCN(c4ccc(F)cc4)CC3)C2=O)cc1. The molecule has 2 aliphatic rings. The van der Waals surface area contributed by atoms with Crippen molar-refractivity contribution in [3.8, 4) is 0 Å². The first-order valence-electron chi connectivity index (χ1n) is 9.65. The van der Waals surface area contributed by atoms with E-state index in [4.69, 9.17) is 0 Å². The van der Waals surface area contributed by atoms with Crippen LogP contribution >= 0.6 is 0 Å². The van der Waals surface area contributed by atoms with E-state index in [9.17, 15) is 14.0 Å². The molecule has 2 heterocycles. The number of hydrogen-bond acceptors (Lipinski definition) is 4. The summed E-state index contributed by atoms with van der Waals surface area (Å²) in [6.07, 6.45) is 0.251. The average Bonchev–Trinajstić information content (AvgIpc) is 2.99. The molecule has 2 aromatic rings. The minimum atomic E-state index is -0.367. The maximum atomic E-state index is 13.1. The number of carbonyl (C=O) groups excluding carboxylic acids is 2. The van der Waals surface area contributed by atoms with Crippen LogP contribution < -0.4 is 4.90 Å². The molecule has 2 aliphatic heterocycles. The second-order valence-corrected chi connectivity index (χ2v) is 7.52. The third kappa shape index (κ3) is 3.78. The molecule has 1 unspecified atom stereocenters. The molecule has 4 rings (SSSR count). The van der Waals surface area contributed by atoms with Gasteiger partial charge in [-0.2, -0.15) is 0 Å². The normalized spacial score (nSPS) is 20.9. The van der Waals surface area contributed by atoms with Gasteiger partial charge in [-0.25, -0.2) is 4.39 Å². The molecule has 1 atom stereocenters. The Morgan fingerprint density at radius 2 is 1.57 bits per heavy atom. The Hall–Kier alpha value is -2.73. The molecule has 2 amide bonds. The molecule has 2 aromatic carbocycles. The van der Waals surface area contributed by atoms with Gasteiger partial charge in [-0.15, -0.1) is 0 Å². The molecule has 0 aromatic heterocycles. The summed E-state index contributed by atoms with van der Waals surface area (Å²) in [5.74, 6) is -0.441. The summed E-state index contributed by atoms with van der Waals surface area (Å²) in [5, 5.41) is 0. The standard InChI is InChI=1S/C22H24FN3O2/c1-16-2-4-17(5-3-16)15-26-21(27)14-20(22(26)28)25-12-10-24(11-13-25)19-8-6-18(23)7-9-19/h2-9,20H,10-15H2,1H3. The van der Waals surface area contributed by atoms with Crippen molar-refractivity contribution >= 4 is 17.5 Å². The van der Waals surface area contributed by atoms with E-state index < -0.39 is 0 Å². The number of hydrogen-bond donors (Lipinski definition) is 0. The maximum absolute atomic E-state index is 13.1. The summed E-state index contributed by atoms with van der Waals surface area (Å²) in [5.41, 5.74) is 3.10. The van der Waals surface area contributed by atoms with Crippen LogP contribution in [-0.4, -0.2) is 53.8 Å². The van der Waals surface area contributed by atoms with E-state index in [1.165, 1.54) is 17.0 Å². The number of benzene rings is 2. The molecule has 0 spiro atoms. The summed E-state index contributed by atoms with van der Waals surface area (Å²) < 4.78 is 13.1. The third-order valence-electron chi connectivity index (χ3n) is 5.63. The molecule has 2 saturated heterocycles. The number of halogens is 1. The van der Waals surface area contributed by atoms with Gasteiger partial charge in [-0.3, -0.25) is 19.4 Å². The van der Waals surface area contributed by atoms with Crippen molar-refractivity contribution in [2.24, 2.45) is 0 Å². The summed E-state index contributed by atoms with van der Waals surface area (Å²) in [6.45, 7) is 5.27.